The molecule has 5 rings (SSSR count). The van der Waals surface area contributed by atoms with Gasteiger partial charge in [0.2, 0.25) is 11.8 Å². The number of hydrogen-bond donors (Lipinski definition) is 3. The SMILES string of the molecule is O=C(NC1CCN2C(=O)c3cc(-c4ccco4)ccc3NC(=O)C2C1)C1CCNCC1. The van der Waals surface area contributed by atoms with Crippen LogP contribution < -0.4 is 16.0 Å². The molecule has 162 valence electrons. The second-order valence-corrected chi connectivity index (χ2v) is 8.50. The van der Waals surface area contributed by atoms with E-state index in [0.717, 1.165) is 31.5 Å². The summed E-state index contributed by atoms with van der Waals surface area (Å²) in [5.74, 6) is 0.371. The molecule has 0 aliphatic carbocycles. The minimum Gasteiger partial charge on any atom is -0.464 e. The molecule has 2 atom stereocenters. The summed E-state index contributed by atoms with van der Waals surface area (Å²) in [6.45, 7) is 2.14. The molecule has 3 aliphatic rings. The van der Waals surface area contributed by atoms with Crippen LogP contribution in [0, 0.1) is 5.92 Å². The fourth-order valence-corrected chi connectivity index (χ4v) is 4.79. The van der Waals surface area contributed by atoms with Crippen molar-refractivity contribution >= 4 is 23.4 Å². The van der Waals surface area contributed by atoms with Gasteiger partial charge in [-0.05, 0) is 69.1 Å². The van der Waals surface area contributed by atoms with Crippen LogP contribution in [-0.2, 0) is 9.59 Å². The normalized spacial score (nSPS) is 24.1. The Balaban J connectivity index is 1.33. The third-order valence-electron chi connectivity index (χ3n) is 6.54. The van der Waals surface area contributed by atoms with Gasteiger partial charge in [-0.3, -0.25) is 14.4 Å². The zero-order chi connectivity index (χ0) is 21.4. The van der Waals surface area contributed by atoms with Gasteiger partial charge in [-0.15, -0.1) is 0 Å². The molecule has 0 radical (unpaired) electrons. The molecule has 2 fully saturated rings. The monoisotopic (exact) mass is 422 g/mol. The van der Waals surface area contributed by atoms with Crippen LogP contribution in [0.15, 0.2) is 41.0 Å². The Kier molecular flexibility index (Phi) is 5.23. The number of anilines is 1. The number of furan rings is 1. The first kappa shape index (κ1) is 19.8. The molecule has 1 aromatic carbocycles. The maximum Gasteiger partial charge on any atom is 0.256 e. The Morgan fingerprint density at radius 3 is 2.74 bits per heavy atom. The third kappa shape index (κ3) is 3.83. The topological polar surface area (TPSA) is 104 Å². The van der Waals surface area contributed by atoms with E-state index in [1.165, 1.54) is 0 Å². The Hall–Kier alpha value is -3.13. The van der Waals surface area contributed by atoms with Gasteiger partial charge >= 0.3 is 0 Å². The van der Waals surface area contributed by atoms with Crippen LogP contribution in [0.4, 0.5) is 5.69 Å². The van der Waals surface area contributed by atoms with Crippen molar-refractivity contribution in [1.29, 1.82) is 0 Å². The van der Waals surface area contributed by atoms with Crippen molar-refractivity contribution < 1.29 is 18.8 Å². The number of amides is 3. The molecule has 2 unspecified atom stereocenters. The van der Waals surface area contributed by atoms with Crippen molar-refractivity contribution in [3.63, 3.8) is 0 Å². The molecule has 1 aromatic heterocycles. The molecule has 0 saturated carbocycles. The van der Waals surface area contributed by atoms with Gasteiger partial charge in [-0.1, -0.05) is 0 Å². The third-order valence-corrected chi connectivity index (χ3v) is 6.54. The quantitative estimate of drug-likeness (QED) is 0.702. The van der Waals surface area contributed by atoms with E-state index in [9.17, 15) is 14.4 Å². The van der Waals surface area contributed by atoms with E-state index in [1.807, 2.05) is 12.1 Å². The Labute approximate surface area is 180 Å². The average Bonchev–Trinajstić information content (AvgIpc) is 3.31. The summed E-state index contributed by atoms with van der Waals surface area (Å²) in [5, 5.41) is 9.30. The maximum absolute atomic E-state index is 13.3. The zero-order valence-electron chi connectivity index (χ0n) is 17.2. The molecule has 8 nitrogen and oxygen atoms in total. The first-order valence-corrected chi connectivity index (χ1v) is 10.9. The number of nitrogens with zero attached hydrogens (tertiary/aromatic N) is 1. The van der Waals surface area contributed by atoms with E-state index in [4.69, 9.17) is 4.42 Å². The lowest BCUT2D eigenvalue weighted by atomic mass is 9.93. The molecule has 31 heavy (non-hydrogen) atoms. The van der Waals surface area contributed by atoms with Gasteiger partial charge in [0.1, 0.15) is 11.8 Å². The number of fused-ring (bicyclic) bond motifs is 2. The highest BCUT2D eigenvalue weighted by molar-refractivity contribution is 6.10. The van der Waals surface area contributed by atoms with Crippen molar-refractivity contribution in [2.24, 2.45) is 5.92 Å². The average molecular weight is 422 g/mol. The minimum absolute atomic E-state index is 0.0214. The number of nitrogens with one attached hydrogen (secondary N) is 3. The van der Waals surface area contributed by atoms with E-state index in [2.05, 4.69) is 16.0 Å². The summed E-state index contributed by atoms with van der Waals surface area (Å²) in [4.78, 5) is 40.6. The molecular weight excluding hydrogens is 396 g/mol. The van der Waals surface area contributed by atoms with Gasteiger partial charge < -0.3 is 25.3 Å². The maximum atomic E-state index is 13.3. The van der Waals surface area contributed by atoms with Crippen LogP contribution in [0.1, 0.15) is 36.0 Å². The van der Waals surface area contributed by atoms with Crippen molar-refractivity contribution in [3.8, 4) is 11.3 Å². The molecule has 0 spiro atoms. The van der Waals surface area contributed by atoms with E-state index in [1.54, 1.807) is 29.4 Å². The molecule has 2 aromatic rings. The molecule has 8 heteroatoms. The highest BCUT2D eigenvalue weighted by Gasteiger charge is 2.40. The number of rotatable bonds is 3. The highest BCUT2D eigenvalue weighted by Crippen LogP contribution is 2.32. The fourth-order valence-electron chi connectivity index (χ4n) is 4.79. The van der Waals surface area contributed by atoms with Crippen molar-refractivity contribution in [3.05, 3.63) is 42.2 Å². The number of carbonyl (C=O) groups is 3. The second-order valence-electron chi connectivity index (χ2n) is 8.50. The summed E-state index contributed by atoms with van der Waals surface area (Å²) >= 11 is 0. The Morgan fingerprint density at radius 2 is 1.97 bits per heavy atom. The summed E-state index contributed by atoms with van der Waals surface area (Å²) in [6.07, 6.45) is 4.32. The number of hydrogen-bond acceptors (Lipinski definition) is 5. The summed E-state index contributed by atoms with van der Waals surface area (Å²) < 4.78 is 5.45. The lowest BCUT2D eigenvalue weighted by Gasteiger charge is -2.38. The summed E-state index contributed by atoms with van der Waals surface area (Å²) in [5.41, 5.74) is 1.76. The Bertz CT molecular complexity index is 997. The van der Waals surface area contributed by atoms with Gasteiger partial charge in [0.05, 0.1) is 17.5 Å². The smallest absolute Gasteiger partial charge is 0.256 e. The molecule has 3 N–H and O–H groups in total. The fraction of sp³-hybridized carbons (Fsp3) is 0.435. The highest BCUT2D eigenvalue weighted by atomic mass is 16.3. The molecule has 0 bridgehead atoms. The van der Waals surface area contributed by atoms with Crippen molar-refractivity contribution in [1.82, 2.24) is 15.5 Å². The lowest BCUT2D eigenvalue weighted by Crippen LogP contribution is -2.55. The number of carbonyl (C=O) groups excluding carboxylic acids is 3. The van der Waals surface area contributed by atoms with Crippen LogP contribution >= 0.6 is 0 Å². The van der Waals surface area contributed by atoms with E-state index in [0.29, 0.717) is 36.4 Å². The lowest BCUT2D eigenvalue weighted by molar-refractivity contribution is -0.128. The van der Waals surface area contributed by atoms with Crippen molar-refractivity contribution in [2.75, 3.05) is 25.0 Å². The molecule has 3 amide bonds. The van der Waals surface area contributed by atoms with E-state index in [-0.39, 0.29) is 29.7 Å². The van der Waals surface area contributed by atoms with Crippen LogP contribution in [0.25, 0.3) is 11.3 Å². The first-order valence-electron chi connectivity index (χ1n) is 10.9. The second kappa shape index (κ2) is 8.19. The van der Waals surface area contributed by atoms with Crippen LogP contribution in [0.5, 0.6) is 0 Å². The molecular formula is C23H26N4O4. The van der Waals surface area contributed by atoms with E-state index >= 15 is 0 Å². The minimum atomic E-state index is -0.598. The summed E-state index contributed by atoms with van der Waals surface area (Å²) in [7, 11) is 0. The van der Waals surface area contributed by atoms with Gasteiger partial charge in [-0.25, -0.2) is 0 Å². The number of piperidine rings is 2. The van der Waals surface area contributed by atoms with Crippen LogP contribution in [-0.4, -0.2) is 54.3 Å². The van der Waals surface area contributed by atoms with Crippen molar-refractivity contribution in [2.45, 2.75) is 37.8 Å². The van der Waals surface area contributed by atoms with Crippen LogP contribution in [0.3, 0.4) is 0 Å². The van der Waals surface area contributed by atoms with Crippen LogP contribution in [0.2, 0.25) is 0 Å². The van der Waals surface area contributed by atoms with Gasteiger partial charge in [0, 0.05) is 24.1 Å². The first-order chi connectivity index (χ1) is 15.1. The number of benzene rings is 1. The van der Waals surface area contributed by atoms with Gasteiger partial charge in [-0.2, -0.15) is 0 Å². The van der Waals surface area contributed by atoms with Gasteiger partial charge in [0.15, 0.2) is 0 Å². The van der Waals surface area contributed by atoms with Gasteiger partial charge in [0.25, 0.3) is 5.91 Å². The summed E-state index contributed by atoms with van der Waals surface area (Å²) in [6, 6.07) is 8.27. The largest absolute Gasteiger partial charge is 0.464 e. The predicted molar refractivity (Wildman–Crippen MR) is 114 cm³/mol. The zero-order valence-corrected chi connectivity index (χ0v) is 17.2. The Morgan fingerprint density at radius 1 is 1.13 bits per heavy atom. The predicted octanol–water partition coefficient (Wildman–Crippen LogP) is 1.99. The molecule has 3 aliphatic heterocycles. The van der Waals surface area contributed by atoms with E-state index < -0.39 is 6.04 Å². The standard InChI is InChI=1S/C23H26N4O4/c28-21(14-5-8-24-9-6-14)25-16-7-10-27-19(13-16)22(29)26-18-4-3-15(12-17(18)23(27)30)20-2-1-11-31-20/h1-4,11-12,14,16,19,24H,5-10,13H2,(H,25,28)(H,26,29). The molecule has 4 heterocycles. The molecule has 2 saturated heterocycles.